The predicted octanol–water partition coefficient (Wildman–Crippen LogP) is 4.98. The van der Waals surface area contributed by atoms with Gasteiger partial charge in [-0.1, -0.05) is 6.92 Å². The van der Waals surface area contributed by atoms with Crippen molar-refractivity contribution in [3.63, 3.8) is 0 Å². The van der Waals surface area contributed by atoms with Crippen LogP contribution in [0, 0.1) is 18.6 Å². The number of rotatable bonds is 7. The van der Waals surface area contributed by atoms with E-state index in [-0.39, 0.29) is 6.04 Å². The molecule has 5 rings (SSSR count). The molecular weight excluding hydrogens is 472 g/mol. The maximum absolute atomic E-state index is 15.0. The van der Waals surface area contributed by atoms with Crippen LogP contribution in [0.3, 0.4) is 0 Å². The first kappa shape index (κ1) is 25.2. The monoisotopic (exact) mass is 505 g/mol. The van der Waals surface area contributed by atoms with Crippen molar-refractivity contribution in [1.29, 1.82) is 0 Å². The third kappa shape index (κ3) is 5.18. The van der Waals surface area contributed by atoms with Crippen molar-refractivity contribution in [1.82, 2.24) is 29.4 Å². The van der Waals surface area contributed by atoms with E-state index in [9.17, 15) is 8.78 Å². The number of aryl methyl sites for hydroxylation is 3. The zero-order chi connectivity index (χ0) is 26.1. The maximum Gasteiger partial charge on any atom is 0.151 e. The number of imidazole rings is 1. The second-order valence-electron chi connectivity index (χ2n) is 9.88. The van der Waals surface area contributed by atoms with Crippen LogP contribution in [0.2, 0.25) is 0 Å². The Morgan fingerprint density at radius 2 is 1.62 bits per heavy atom. The molecule has 0 aliphatic carbocycles. The van der Waals surface area contributed by atoms with Gasteiger partial charge in [0.05, 0.1) is 29.8 Å². The molecule has 3 aromatic heterocycles. The standard InChI is InChI=1S/C28H33F2N7/c1-5-35-8-10-36(11-9-35)22-15-32-27(33-16-22)7-6-21-14-23(25(30)17-31-21)20-12-24(29)28-26(13-20)37(18(2)3)19(4)34-28/h12-18H,5-11H2,1-4H3. The topological polar surface area (TPSA) is 63.0 Å². The number of piperazine rings is 1. The first-order valence-corrected chi connectivity index (χ1v) is 12.9. The summed E-state index contributed by atoms with van der Waals surface area (Å²) in [7, 11) is 0. The van der Waals surface area contributed by atoms with Crippen molar-refractivity contribution < 1.29 is 8.78 Å². The second kappa shape index (κ2) is 10.5. The number of fused-ring (bicyclic) bond motifs is 1. The van der Waals surface area contributed by atoms with Gasteiger partial charge in [-0.15, -0.1) is 0 Å². The molecule has 0 bridgehead atoms. The van der Waals surface area contributed by atoms with Crippen molar-refractivity contribution in [2.75, 3.05) is 37.6 Å². The summed E-state index contributed by atoms with van der Waals surface area (Å²) in [6.07, 6.45) is 6.10. The predicted molar refractivity (Wildman–Crippen MR) is 142 cm³/mol. The van der Waals surface area contributed by atoms with E-state index in [1.165, 1.54) is 12.3 Å². The van der Waals surface area contributed by atoms with Gasteiger partial charge >= 0.3 is 0 Å². The lowest BCUT2D eigenvalue weighted by Crippen LogP contribution is -2.46. The molecule has 1 aromatic carbocycles. The van der Waals surface area contributed by atoms with E-state index >= 15 is 0 Å². The van der Waals surface area contributed by atoms with Crippen LogP contribution in [-0.2, 0) is 12.8 Å². The average molecular weight is 506 g/mol. The minimum atomic E-state index is -0.487. The Labute approximate surface area is 216 Å². The Hall–Kier alpha value is -3.46. The number of anilines is 1. The molecule has 0 atom stereocenters. The smallest absolute Gasteiger partial charge is 0.151 e. The summed E-state index contributed by atoms with van der Waals surface area (Å²) < 4.78 is 31.8. The minimum absolute atomic E-state index is 0.102. The van der Waals surface area contributed by atoms with Crippen LogP contribution in [0.25, 0.3) is 22.2 Å². The summed E-state index contributed by atoms with van der Waals surface area (Å²) in [5.41, 5.74) is 3.49. The van der Waals surface area contributed by atoms with E-state index in [2.05, 4.69) is 36.7 Å². The molecule has 0 saturated carbocycles. The normalized spacial score (nSPS) is 14.7. The number of hydrogen-bond donors (Lipinski definition) is 0. The quantitative estimate of drug-likeness (QED) is 0.353. The second-order valence-corrected chi connectivity index (χ2v) is 9.88. The van der Waals surface area contributed by atoms with Crippen LogP contribution >= 0.6 is 0 Å². The van der Waals surface area contributed by atoms with Crippen LogP contribution in [0.4, 0.5) is 14.5 Å². The number of halogens is 2. The van der Waals surface area contributed by atoms with Gasteiger partial charge in [-0.25, -0.2) is 23.7 Å². The van der Waals surface area contributed by atoms with E-state index in [0.29, 0.717) is 46.5 Å². The zero-order valence-electron chi connectivity index (χ0n) is 21.9. The largest absolute Gasteiger partial charge is 0.366 e. The fourth-order valence-electron chi connectivity index (χ4n) is 5.12. The fourth-order valence-corrected chi connectivity index (χ4v) is 5.12. The van der Waals surface area contributed by atoms with E-state index in [1.54, 1.807) is 6.07 Å². The van der Waals surface area contributed by atoms with Gasteiger partial charge in [0.2, 0.25) is 0 Å². The lowest BCUT2D eigenvalue weighted by atomic mass is 10.0. The molecule has 4 heterocycles. The maximum atomic E-state index is 15.0. The SMILES string of the molecule is CCN1CCN(c2cnc(CCc3cc(-c4cc(F)c5nc(C)n(C(C)C)c5c4)c(F)cn3)nc2)CC1. The van der Waals surface area contributed by atoms with Gasteiger partial charge in [-0.2, -0.15) is 0 Å². The van der Waals surface area contributed by atoms with Crippen molar-refractivity contribution in [3.8, 4) is 11.1 Å². The molecule has 4 aromatic rings. The van der Waals surface area contributed by atoms with Crippen LogP contribution in [0.15, 0.2) is 36.8 Å². The van der Waals surface area contributed by atoms with Gasteiger partial charge in [0.1, 0.15) is 23.0 Å². The van der Waals surface area contributed by atoms with Crippen LogP contribution in [0.1, 0.15) is 44.2 Å². The third-order valence-corrected chi connectivity index (χ3v) is 7.15. The molecular formula is C28H33F2N7. The molecule has 0 N–H and O–H groups in total. The van der Waals surface area contributed by atoms with Crippen molar-refractivity contribution in [2.24, 2.45) is 0 Å². The third-order valence-electron chi connectivity index (χ3n) is 7.15. The molecule has 7 nitrogen and oxygen atoms in total. The number of nitrogens with zero attached hydrogens (tertiary/aromatic N) is 7. The molecule has 1 fully saturated rings. The lowest BCUT2D eigenvalue weighted by molar-refractivity contribution is 0.271. The number of hydrogen-bond acceptors (Lipinski definition) is 6. The van der Waals surface area contributed by atoms with Crippen LogP contribution in [0.5, 0.6) is 0 Å². The molecule has 9 heteroatoms. The average Bonchev–Trinajstić information content (AvgIpc) is 3.25. The Kier molecular flexibility index (Phi) is 7.15. The van der Waals surface area contributed by atoms with E-state index < -0.39 is 11.6 Å². The summed E-state index contributed by atoms with van der Waals surface area (Å²) >= 11 is 0. The number of aromatic nitrogens is 5. The summed E-state index contributed by atoms with van der Waals surface area (Å²) in [6, 6.07) is 4.96. The highest BCUT2D eigenvalue weighted by Gasteiger charge is 2.18. The van der Waals surface area contributed by atoms with E-state index in [4.69, 9.17) is 0 Å². The van der Waals surface area contributed by atoms with Crippen LogP contribution in [-0.4, -0.2) is 62.1 Å². The zero-order valence-corrected chi connectivity index (χ0v) is 21.9. The summed E-state index contributed by atoms with van der Waals surface area (Å²) in [4.78, 5) is 22.5. The van der Waals surface area contributed by atoms with Gasteiger partial charge in [0, 0.05) is 49.9 Å². The molecule has 0 amide bonds. The van der Waals surface area contributed by atoms with Crippen LogP contribution < -0.4 is 4.90 Å². The van der Waals surface area contributed by atoms with Gasteiger partial charge < -0.3 is 14.4 Å². The Bertz CT molecular complexity index is 1390. The number of likely N-dealkylation sites (N-methyl/N-ethyl adjacent to an activating group) is 1. The summed E-state index contributed by atoms with van der Waals surface area (Å²) in [5, 5.41) is 0. The molecule has 0 radical (unpaired) electrons. The Balaban J connectivity index is 1.33. The van der Waals surface area contributed by atoms with E-state index in [0.717, 1.165) is 44.2 Å². The first-order valence-electron chi connectivity index (χ1n) is 12.9. The van der Waals surface area contributed by atoms with E-state index in [1.807, 2.05) is 43.8 Å². The van der Waals surface area contributed by atoms with Gasteiger partial charge in [-0.05, 0) is 57.5 Å². The van der Waals surface area contributed by atoms with Gasteiger partial charge in [-0.3, -0.25) is 4.98 Å². The molecule has 0 unspecified atom stereocenters. The molecule has 1 aliphatic heterocycles. The summed E-state index contributed by atoms with van der Waals surface area (Å²) in [6.45, 7) is 13.2. The van der Waals surface area contributed by atoms with Crippen molar-refractivity contribution in [3.05, 3.63) is 65.8 Å². The number of pyridine rings is 1. The lowest BCUT2D eigenvalue weighted by Gasteiger charge is -2.35. The molecule has 0 spiro atoms. The van der Waals surface area contributed by atoms with Gasteiger partial charge in [0.15, 0.2) is 5.82 Å². The van der Waals surface area contributed by atoms with Crippen molar-refractivity contribution in [2.45, 2.75) is 46.6 Å². The van der Waals surface area contributed by atoms with Gasteiger partial charge in [0.25, 0.3) is 0 Å². The fraction of sp³-hybridized carbons (Fsp3) is 0.429. The van der Waals surface area contributed by atoms with Crippen molar-refractivity contribution >= 4 is 16.7 Å². The molecule has 1 aliphatic rings. The minimum Gasteiger partial charge on any atom is -0.366 e. The highest BCUT2D eigenvalue weighted by Crippen LogP contribution is 2.31. The molecule has 194 valence electrons. The first-order chi connectivity index (χ1) is 17.8. The highest BCUT2D eigenvalue weighted by molar-refractivity contribution is 5.83. The number of benzene rings is 1. The summed E-state index contributed by atoms with van der Waals surface area (Å²) in [5.74, 6) is 0.495. The molecule has 1 saturated heterocycles. The Morgan fingerprint density at radius 3 is 2.30 bits per heavy atom. The molecule has 37 heavy (non-hydrogen) atoms. The highest BCUT2D eigenvalue weighted by atomic mass is 19.1. The Morgan fingerprint density at radius 1 is 0.892 bits per heavy atom.